The number of carbonyl (C=O) groups is 1. The summed E-state index contributed by atoms with van der Waals surface area (Å²) in [4.78, 5) is 10.8. The summed E-state index contributed by atoms with van der Waals surface area (Å²) in [6, 6.07) is 2.94. The first-order valence-corrected chi connectivity index (χ1v) is 5.62. The van der Waals surface area contributed by atoms with Crippen molar-refractivity contribution in [1.29, 1.82) is 0 Å². The average Bonchev–Trinajstić information content (AvgIpc) is 2.84. The summed E-state index contributed by atoms with van der Waals surface area (Å²) in [5.74, 6) is -0.665. The Bertz CT molecular complexity index is 646. The molecule has 0 unspecified atom stereocenters. The maximum atomic E-state index is 10.8. The van der Waals surface area contributed by atoms with Crippen LogP contribution in [0.4, 0.5) is 0 Å². The van der Waals surface area contributed by atoms with E-state index in [2.05, 4.69) is 10.2 Å². The number of aromatic amines is 1. The number of carboxylic acid groups (broad SMARTS) is 1. The Morgan fingerprint density at radius 2 is 2.00 bits per heavy atom. The number of ether oxygens (including phenoxy) is 1. The highest BCUT2D eigenvalue weighted by atomic mass is 16.5. The molecule has 3 N–H and O–H groups in total. The third kappa shape index (κ3) is 2.12. The van der Waals surface area contributed by atoms with Gasteiger partial charge in [-0.3, -0.25) is 5.10 Å². The lowest BCUT2D eigenvalue weighted by molar-refractivity contribution is 0.0690. The molecular weight excluding hydrogens is 248 g/mol. The first kappa shape index (κ1) is 12.9. The number of phenols is 1. The van der Waals surface area contributed by atoms with Gasteiger partial charge in [0.2, 0.25) is 0 Å². The smallest absolute Gasteiger partial charge is 0.353 e. The van der Waals surface area contributed by atoms with Crippen LogP contribution >= 0.6 is 0 Å². The number of hydrogen-bond acceptors (Lipinski definition) is 4. The Labute approximate surface area is 109 Å². The van der Waals surface area contributed by atoms with Crippen LogP contribution in [0.3, 0.4) is 0 Å². The summed E-state index contributed by atoms with van der Waals surface area (Å²) < 4.78 is 5.12. The fourth-order valence-corrected chi connectivity index (χ4v) is 1.97. The molecule has 2 rings (SSSR count). The first-order valence-electron chi connectivity index (χ1n) is 5.62. The minimum Gasteiger partial charge on any atom is -0.504 e. The molecule has 1 heterocycles. The number of rotatable bonds is 3. The lowest BCUT2D eigenvalue weighted by Gasteiger charge is -2.13. The molecule has 0 aliphatic heterocycles. The topological polar surface area (TPSA) is 95.4 Å². The van der Waals surface area contributed by atoms with Crippen molar-refractivity contribution >= 4 is 5.97 Å². The fourth-order valence-electron chi connectivity index (χ4n) is 1.97. The van der Waals surface area contributed by atoms with E-state index in [1.54, 1.807) is 0 Å². The van der Waals surface area contributed by atoms with Gasteiger partial charge in [-0.25, -0.2) is 4.79 Å². The van der Waals surface area contributed by atoms with Gasteiger partial charge >= 0.3 is 5.97 Å². The van der Waals surface area contributed by atoms with Crippen LogP contribution in [0.2, 0.25) is 0 Å². The summed E-state index contributed by atoms with van der Waals surface area (Å²) in [5, 5.41) is 25.1. The molecule has 0 aliphatic carbocycles. The zero-order chi connectivity index (χ0) is 14.2. The molecular formula is C13H14N2O4. The van der Waals surface area contributed by atoms with Crippen molar-refractivity contribution in [2.45, 2.75) is 13.8 Å². The van der Waals surface area contributed by atoms with Crippen molar-refractivity contribution < 1.29 is 19.7 Å². The third-order valence-corrected chi connectivity index (χ3v) is 3.11. The van der Waals surface area contributed by atoms with Crippen LogP contribution in [-0.2, 0) is 0 Å². The Kier molecular flexibility index (Phi) is 3.16. The van der Waals surface area contributed by atoms with E-state index in [1.807, 2.05) is 13.8 Å². The van der Waals surface area contributed by atoms with E-state index >= 15 is 0 Å². The molecule has 19 heavy (non-hydrogen) atoms. The van der Waals surface area contributed by atoms with Crippen molar-refractivity contribution in [1.82, 2.24) is 10.2 Å². The molecule has 2 aromatic rings. The molecule has 0 amide bonds. The van der Waals surface area contributed by atoms with Crippen LogP contribution in [0, 0.1) is 13.8 Å². The van der Waals surface area contributed by atoms with E-state index in [4.69, 9.17) is 9.84 Å². The van der Waals surface area contributed by atoms with Gasteiger partial charge in [-0.1, -0.05) is 0 Å². The SMILES string of the molecule is COc1c(O)cc(-c2cc(C(=O)O)[nH]n2)c(C)c1C. The van der Waals surface area contributed by atoms with Crippen molar-refractivity contribution in [2.75, 3.05) is 7.11 Å². The Morgan fingerprint density at radius 1 is 1.32 bits per heavy atom. The molecule has 0 saturated carbocycles. The molecule has 0 radical (unpaired) electrons. The van der Waals surface area contributed by atoms with Gasteiger partial charge in [-0.2, -0.15) is 5.10 Å². The standard InChI is InChI=1S/C13H14N2O4/c1-6-7(2)12(19-3)11(16)4-8(6)9-5-10(13(17)18)15-14-9/h4-5,16H,1-3H3,(H,14,15)(H,17,18). The first-order chi connectivity index (χ1) is 8.95. The molecule has 0 bridgehead atoms. The van der Waals surface area contributed by atoms with Gasteiger partial charge < -0.3 is 14.9 Å². The number of aromatic carboxylic acids is 1. The summed E-state index contributed by atoms with van der Waals surface area (Å²) in [5.41, 5.74) is 2.80. The lowest BCUT2D eigenvalue weighted by Crippen LogP contribution is -1.95. The normalized spacial score (nSPS) is 10.5. The number of carboxylic acids is 1. The van der Waals surface area contributed by atoms with Gasteiger partial charge in [0.1, 0.15) is 5.69 Å². The second-order valence-corrected chi connectivity index (χ2v) is 4.20. The van der Waals surface area contributed by atoms with Gasteiger partial charge in [0.05, 0.1) is 12.8 Å². The number of hydrogen-bond donors (Lipinski definition) is 3. The zero-order valence-electron chi connectivity index (χ0n) is 10.8. The maximum absolute atomic E-state index is 10.8. The van der Waals surface area contributed by atoms with E-state index in [9.17, 15) is 9.90 Å². The van der Waals surface area contributed by atoms with Crippen LogP contribution in [0.1, 0.15) is 21.6 Å². The molecule has 0 aliphatic rings. The van der Waals surface area contributed by atoms with Crippen LogP contribution in [0.25, 0.3) is 11.3 Å². The molecule has 0 fully saturated rings. The van der Waals surface area contributed by atoms with Crippen molar-refractivity contribution in [3.05, 3.63) is 29.0 Å². The minimum absolute atomic E-state index is 0.000440. The highest BCUT2D eigenvalue weighted by Gasteiger charge is 2.17. The van der Waals surface area contributed by atoms with Crippen molar-refractivity contribution in [3.63, 3.8) is 0 Å². The Balaban J connectivity index is 2.59. The van der Waals surface area contributed by atoms with E-state index in [0.29, 0.717) is 17.0 Å². The minimum atomic E-state index is -1.08. The number of phenolic OH excluding ortho intramolecular Hbond substituents is 1. The number of methoxy groups -OCH3 is 1. The molecule has 0 saturated heterocycles. The molecule has 6 nitrogen and oxygen atoms in total. The summed E-state index contributed by atoms with van der Waals surface area (Å²) >= 11 is 0. The molecule has 1 aromatic heterocycles. The van der Waals surface area contributed by atoms with Crippen molar-refractivity contribution in [2.24, 2.45) is 0 Å². The second-order valence-electron chi connectivity index (χ2n) is 4.20. The average molecular weight is 262 g/mol. The van der Waals surface area contributed by atoms with E-state index < -0.39 is 5.97 Å². The summed E-state index contributed by atoms with van der Waals surface area (Å²) in [6.45, 7) is 3.68. The second kappa shape index (κ2) is 4.64. The van der Waals surface area contributed by atoms with Crippen LogP contribution < -0.4 is 4.74 Å². The third-order valence-electron chi connectivity index (χ3n) is 3.11. The highest BCUT2D eigenvalue weighted by Crippen LogP contribution is 2.38. The van der Waals surface area contributed by atoms with Gasteiger partial charge in [0.15, 0.2) is 11.5 Å². The number of H-pyrrole nitrogens is 1. The van der Waals surface area contributed by atoms with Gasteiger partial charge in [0.25, 0.3) is 0 Å². The predicted molar refractivity (Wildman–Crippen MR) is 68.7 cm³/mol. The van der Waals surface area contributed by atoms with E-state index in [-0.39, 0.29) is 11.4 Å². The summed E-state index contributed by atoms with van der Waals surface area (Å²) in [7, 11) is 1.48. The van der Waals surface area contributed by atoms with Crippen LogP contribution in [0.5, 0.6) is 11.5 Å². The zero-order valence-corrected chi connectivity index (χ0v) is 10.8. The number of aromatic nitrogens is 2. The molecule has 6 heteroatoms. The van der Waals surface area contributed by atoms with Crippen LogP contribution in [0.15, 0.2) is 12.1 Å². The molecule has 0 spiro atoms. The lowest BCUT2D eigenvalue weighted by atomic mass is 9.99. The number of aromatic hydroxyl groups is 1. The summed E-state index contributed by atoms with van der Waals surface area (Å²) in [6.07, 6.45) is 0. The molecule has 1 aromatic carbocycles. The van der Waals surface area contributed by atoms with Gasteiger partial charge in [-0.05, 0) is 37.1 Å². The van der Waals surface area contributed by atoms with E-state index in [0.717, 1.165) is 11.1 Å². The predicted octanol–water partition coefficient (Wildman–Crippen LogP) is 2.11. The van der Waals surface area contributed by atoms with Gasteiger partial charge in [0, 0.05) is 5.56 Å². The Morgan fingerprint density at radius 3 is 2.53 bits per heavy atom. The quantitative estimate of drug-likeness (QED) is 0.787. The fraction of sp³-hybridized carbons (Fsp3) is 0.231. The largest absolute Gasteiger partial charge is 0.504 e. The molecule has 0 atom stereocenters. The number of benzene rings is 1. The Hall–Kier alpha value is -2.50. The maximum Gasteiger partial charge on any atom is 0.353 e. The van der Waals surface area contributed by atoms with E-state index in [1.165, 1.54) is 19.2 Å². The molecule has 100 valence electrons. The van der Waals surface area contributed by atoms with Crippen LogP contribution in [-0.4, -0.2) is 33.5 Å². The van der Waals surface area contributed by atoms with Crippen molar-refractivity contribution in [3.8, 4) is 22.8 Å². The van der Waals surface area contributed by atoms with Gasteiger partial charge in [-0.15, -0.1) is 0 Å². The highest BCUT2D eigenvalue weighted by molar-refractivity contribution is 5.87. The number of nitrogens with one attached hydrogen (secondary N) is 1. The number of nitrogens with zero attached hydrogens (tertiary/aromatic N) is 1. The monoisotopic (exact) mass is 262 g/mol.